The highest BCUT2D eigenvalue weighted by Crippen LogP contribution is 2.42. The Kier molecular flexibility index (Phi) is 2.68. The van der Waals surface area contributed by atoms with Gasteiger partial charge in [0.15, 0.2) is 11.5 Å². The summed E-state index contributed by atoms with van der Waals surface area (Å²) in [6.07, 6.45) is 2.23. The molecule has 0 bridgehead atoms. The molecule has 0 unspecified atom stereocenters. The van der Waals surface area contributed by atoms with Crippen LogP contribution in [0.15, 0.2) is 12.1 Å². The van der Waals surface area contributed by atoms with Crippen LogP contribution in [-0.2, 0) is 6.42 Å². The molecule has 0 saturated heterocycles. The number of benzene rings is 1. The average molecular weight is 224 g/mol. The van der Waals surface area contributed by atoms with E-state index in [1.165, 1.54) is 14.2 Å². The smallest absolute Gasteiger partial charge is 0.200 e. The molecule has 0 radical (unpaired) electrons. The van der Waals surface area contributed by atoms with Crippen molar-refractivity contribution in [3.05, 3.63) is 17.7 Å². The van der Waals surface area contributed by atoms with Gasteiger partial charge in [0.25, 0.3) is 0 Å². The number of phenolic OH excluding ortho intramolecular Hbond substituents is 1. The van der Waals surface area contributed by atoms with Crippen molar-refractivity contribution in [1.29, 1.82) is 0 Å². The third kappa shape index (κ3) is 2.07. The van der Waals surface area contributed by atoms with Crippen LogP contribution in [0.5, 0.6) is 17.2 Å². The number of ether oxygens (including phenoxy) is 2. The zero-order valence-corrected chi connectivity index (χ0v) is 9.49. The van der Waals surface area contributed by atoms with Crippen molar-refractivity contribution in [2.75, 3.05) is 14.2 Å². The minimum atomic E-state index is -0.563. The second-order valence-electron chi connectivity index (χ2n) is 4.25. The Morgan fingerprint density at radius 3 is 2.06 bits per heavy atom. The van der Waals surface area contributed by atoms with Gasteiger partial charge in [-0.15, -0.1) is 0 Å². The Hall–Kier alpha value is -1.42. The molecule has 0 atom stereocenters. The number of hydrogen-bond acceptors (Lipinski definition) is 4. The molecule has 1 aromatic carbocycles. The van der Waals surface area contributed by atoms with Crippen molar-refractivity contribution in [1.82, 2.24) is 0 Å². The van der Waals surface area contributed by atoms with Crippen LogP contribution < -0.4 is 9.47 Å². The number of phenols is 1. The van der Waals surface area contributed by atoms with Crippen LogP contribution in [0.2, 0.25) is 0 Å². The van der Waals surface area contributed by atoms with E-state index >= 15 is 0 Å². The number of hydrogen-bond donors (Lipinski definition) is 2. The quantitative estimate of drug-likeness (QED) is 0.813. The maximum absolute atomic E-state index is 9.83. The van der Waals surface area contributed by atoms with Crippen LogP contribution in [0.4, 0.5) is 0 Å². The Bertz CT molecular complexity index is 371. The van der Waals surface area contributed by atoms with Crippen LogP contribution in [0.1, 0.15) is 18.4 Å². The predicted molar refractivity (Wildman–Crippen MR) is 59.1 cm³/mol. The molecule has 16 heavy (non-hydrogen) atoms. The number of aromatic hydroxyl groups is 1. The van der Waals surface area contributed by atoms with Gasteiger partial charge in [-0.2, -0.15) is 0 Å². The van der Waals surface area contributed by atoms with E-state index in [4.69, 9.17) is 9.47 Å². The first-order chi connectivity index (χ1) is 7.58. The van der Waals surface area contributed by atoms with Crippen molar-refractivity contribution >= 4 is 0 Å². The number of methoxy groups -OCH3 is 2. The molecule has 0 aliphatic heterocycles. The van der Waals surface area contributed by atoms with E-state index in [2.05, 4.69) is 0 Å². The Morgan fingerprint density at radius 1 is 1.19 bits per heavy atom. The molecule has 1 aliphatic rings. The van der Waals surface area contributed by atoms with Gasteiger partial charge >= 0.3 is 0 Å². The lowest BCUT2D eigenvalue weighted by Gasteiger charge is -2.13. The zero-order chi connectivity index (χ0) is 11.8. The molecule has 4 nitrogen and oxygen atoms in total. The molecule has 4 heteroatoms. The monoisotopic (exact) mass is 224 g/mol. The number of aliphatic hydroxyl groups is 1. The summed E-state index contributed by atoms with van der Waals surface area (Å²) in [4.78, 5) is 0. The fourth-order valence-electron chi connectivity index (χ4n) is 1.75. The summed E-state index contributed by atoms with van der Waals surface area (Å²) >= 11 is 0. The summed E-state index contributed by atoms with van der Waals surface area (Å²) in [5.74, 6) is 0.744. The standard InChI is InChI=1S/C12H16O4/c1-15-9-5-8(7-12(14)3-4-12)6-10(16-2)11(9)13/h5-6,13-14H,3-4,7H2,1-2H3. The van der Waals surface area contributed by atoms with Gasteiger partial charge in [0.1, 0.15) is 0 Å². The maximum Gasteiger partial charge on any atom is 0.200 e. The van der Waals surface area contributed by atoms with Crippen LogP contribution in [0.3, 0.4) is 0 Å². The summed E-state index contributed by atoms with van der Waals surface area (Å²) in [5, 5.41) is 19.5. The van der Waals surface area contributed by atoms with Gasteiger partial charge in [0.05, 0.1) is 19.8 Å². The van der Waals surface area contributed by atoms with Gasteiger partial charge in [0.2, 0.25) is 5.75 Å². The summed E-state index contributed by atoms with van der Waals surface area (Å²) in [6.45, 7) is 0. The van der Waals surface area contributed by atoms with Crippen molar-refractivity contribution < 1.29 is 19.7 Å². The van der Waals surface area contributed by atoms with Crippen molar-refractivity contribution in [2.24, 2.45) is 0 Å². The summed E-state index contributed by atoms with van der Waals surface area (Å²) in [5.41, 5.74) is 0.346. The Morgan fingerprint density at radius 2 is 1.69 bits per heavy atom. The lowest BCUT2D eigenvalue weighted by Crippen LogP contribution is -2.10. The summed E-state index contributed by atoms with van der Waals surface area (Å²) < 4.78 is 10.1. The van der Waals surface area contributed by atoms with Crippen LogP contribution in [0.25, 0.3) is 0 Å². The van der Waals surface area contributed by atoms with Gasteiger partial charge in [0, 0.05) is 6.42 Å². The minimum Gasteiger partial charge on any atom is -0.502 e. The molecule has 88 valence electrons. The molecule has 0 spiro atoms. The van der Waals surface area contributed by atoms with Crippen molar-refractivity contribution in [3.8, 4) is 17.2 Å². The maximum atomic E-state index is 9.83. The normalized spacial score (nSPS) is 16.9. The summed E-state index contributed by atoms with van der Waals surface area (Å²) in [6, 6.07) is 3.46. The van der Waals surface area contributed by atoms with Crippen LogP contribution in [0, 0.1) is 0 Å². The molecule has 1 aliphatic carbocycles. The molecular weight excluding hydrogens is 208 g/mol. The van der Waals surface area contributed by atoms with E-state index in [0.29, 0.717) is 17.9 Å². The lowest BCUT2D eigenvalue weighted by atomic mass is 10.1. The van der Waals surface area contributed by atoms with Crippen LogP contribution >= 0.6 is 0 Å². The first-order valence-electron chi connectivity index (χ1n) is 5.24. The topological polar surface area (TPSA) is 58.9 Å². The fourth-order valence-corrected chi connectivity index (χ4v) is 1.75. The third-order valence-electron chi connectivity index (χ3n) is 2.90. The predicted octanol–water partition coefficient (Wildman–Crippen LogP) is 1.48. The Balaban J connectivity index is 2.31. The van der Waals surface area contributed by atoms with Gasteiger partial charge < -0.3 is 19.7 Å². The SMILES string of the molecule is COc1cc(CC2(O)CC2)cc(OC)c1O. The first-order valence-corrected chi connectivity index (χ1v) is 5.24. The van der Waals surface area contributed by atoms with Gasteiger partial charge in [-0.3, -0.25) is 0 Å². The highest BCUT2D eigenvalue weighted by atomic mass is 16.5. The molecule has 1 saturated carbocycles. The van der Waals surface area contributed by atoms with E-state index < -0.39 is 5.60 Å². The molecule has 0 heterocycles. The summed E-state index contributed by atoms with van der Waals surface area (Å²) in [7, 11) is 2.98. The fraction of sp³-hybridized carbons (Fsp3) is 0.500. The molecule has 2 N–H and O–H groups in total. The van der Waals surface area contributed by atoms with Gasteiger partial charge in [-0.05, 0) is 30.5 Å². The van der Waals surface area contributed by atoms with E-state index in [0.717, 1.165) is 18.4 Å². The average Bonchev–Trinajstić information content (AvgIpc) is 2.98. The highest BCUT2D eigenvalue weighted by molar-refractivity contribution is 5.53. The van der Waals surface area contributed by atoms with Gasteiger partial charge in [-0.1, -0.05) is 0 Å². The minimum absolute atomic E-state index is 0.00321. The largest absolute Gasteiger partial charge is 0.502 e. The highest BCUT2D eigenvalue weighted by Gasteiger charge is 2.40. The van der Waals surface area contributed by atoms with E-state index in [9.17, 15) is 10.2 Å². The molecule has 1 fully saturated rings. The lowest BCUT2D eigenvalue weighted by molar-refractivity contribution is 0.150. The van der Waals surface area contributed by atoms with E-state index in [1.807, 2.05) is 0 Å². The molecule has 0 aromatic heterocycles. The van der Waals surface area contributed by atoms with E-state index in [1.54, 1.807) is 12.1 Å². The first kappa shape index (κ1) is 11.1. The second kappa shape index (κ2) is 3.87. The Labute approximate surface area is 94.4 Å². The number of rotatable bonds is 4. The van der Waals surface area contributed by atoms with E-state index in [-0.39, 0.29) is 5.75 Å². The molecule has 1 aromatic rings. The van der Waals surface area contributed by atoms with Crippen LogP contribution in [-0.4, -0.2) is 30.0 Å². The molecular formula is C12H16O4. The van der Waals surface area contributed by atoms with Gasteiger partial charge in [-0.25, -0.2) is 0 Å². The zero-order valence-electron chi connectivity index (χ0n) is 9.49. The van der Waals surface area contributed by atoms with Crippen molar-refractivity contribution in [3.63, 3.8) is 0 Å². The molecule has 0 amide bonds. The molecule has 2 rings (SSSR count). The van der Waals surface area contributed by atoms with Crippen molar-refractivity contribution in [2.45, 2.75) is 24.9 Å². The second-order valence-corrected chi connectivity index (χ2v) is 4.25. The third-order valence-corrected chi connectivity index (χ3v) is 2.90.